The molecule has 0 radical (unpaired) electrons. The predicted octanol–water partition coefficient (Wildman–Crippen LogP) is -0.306. The topological polar surface area (TPSA) is 89.4 Å². The molecule has 0 saturated carbocycles. The summed E-state index contributed by atoms with van der Waals surface area (Å²) in [6.45, 7) is 6.57. The minimum absolute atomic E-state index is 0.0834. The van der Waals surface area contributed by atoms with Crippen molar-refractivity contribution in [3.8, 4) is 0 Å². The molecule has 1 saturated heterocycles. The first-order valence-electron chi connectivity index (χ1n) is 5.62. The standard InChI is InChI=1S/C11H21N3O2/c1-7(2)8(12)9(15)14-5-4-11(3,6-14)10(13)16/h7-8H,4-6,12H2,1-3H3,(H2,13,16). The first kappa shape index (κ1) is 13.0. The smallest absolute Gasteiger partial charge is 0.239 e. The molecule has 2 atom stereocenters. The zero-order chi connectivity index (χ0) is 12.5. The van der Waals surface area contributed by atoms with Gasteiger partial charge in [-0.3, -0.25) is 9.59 Å². The number of hydrogen-bond acceptors (Lipinski definition) is 3. The van der Waals surface area contributed by atoms with Gasteiger partial charge in [-0.2, -0.15) is 0 Å². The highest BCUT2D eigenvalue weighted by molar-refractivity contribution is 5.85. The molecule has 5 nitrogen and oxygen atoms in total. The van der Waals surface area contributed by atoms with Crippen molar-refractivity contribution >= 4 is 11.8 Å². The molecule has 0 aromatic carbocycles. The number of primary amides is 1. The van der Waals surface area contributed by atoms with Crippen molar-refractivity contribution in [2.24, 2.45) is 22.8 Å². The van der Waals surface area contributed by atoms with E-state index in [2.05, 4.69) is 0 Å². The van der Waals surface area contributed by atoms with Gasteiger partial charge in [0.2, 0.25) is 11.8 Å². The zero-order valence-electron chi connectivity index (χ0n) is 10.2. The Morgan fingerprint density at radius 3 is 2.31 bits per heavy atom. The lowest BCUT2D eigenvalue weighted by Gasteiger charge is -2.25. The molecule has 1 heterocycles. The van der Waals surface area contributed by atoms with Gasteiger partial charge >= 0.3 is 0 Å². The van der Waals surface area contributed by atoms with Crippen LogP contribution in [0.5, 0.6) is 0 Å². The normalized spacial score (nSPS) is 27.2. The third-order valence-corrected chi connectivity index (χ3v) is 3.38. The fourth-order valence-corrected chi connectivity index (χ4v) is 1.85. The first-order valence-corrected chi connectivity index (χ1v) is 5.62. The lowest BCUT2D eigenvalue weighted by molar-refractivity contribution is -0.133. The molecular formula is C11H21N3O2. The van der Waals surface area contributed by atoms with Gasteiger partial charge in [0.1, 0.15) is 0 Å². The Kier molecular flexibility index (Phi) is 3.57. The summed E-state index contributed by atoms with van der Waals surface area (Å²) in [5.41, 5.74) is 10.5. The summed E-state index contributed by atoms with van der Waals surface area (Å²) in [6.07, 6.45) is 0.624. The van der Waals surface area contributed by atoms with Gasteiger partial charge in [-0.25, -0.2) is 0 Å². The van der Waals surface area contributed by atoms with Gasteiger partial charge < -0.3 is 16.4 Å². The Hall–Kier alpha value is -1.10. The summed E-state index contributed by atoms with van der Waals surface area (Å²) < 4.78 is 0. The van der Waals surface area contributed by atoms with Gasteiger partial charge in [-0.15, -0.1) is 0 Å². The van der Waals surface area contributed by atoms with Crippen LogP contribution in [0.3, 0.4) is 0 Å². The molecule has 0 aromatic rings. The van der Waals surface area contributed by atoms with Gasteiger partial charge in [-0.1, -0.05) is 13.8 Å². The second-order valence-electron chi connectivity index (χ2n) is 5.20. The minimum atomic E-state index is -0.591. The van der Waals surface area contributed by atoms with Crippen molar-refractivity contribution in [2.75, 3.05) is 13.1 Å². The Morgan fingerprint density at radius 1 is 1.38 bits per heavy atom. The van der Waals surface area contributed by atoms with Crippen molar-refractivity contribution in [3.05, 3.63) is 0 Å². The van der Waals surface area contributed by atoms with Crippen molar-refractivity contribution in [3.63, 3.8) is 0 Å². The average molecular weight is 227 g/mol. The fraction of sp³-hybridized carbons (Fsp3) is 0.818. The number of rotatable bonds is 3. The molecule has 16 heavy (non-hydrogen) atoms. The van der Waals surface area contributed by atoms with Crippen LogP contribution < -0.4 is 11.5 Å². The molecule has 1 fully saturated rings. The molecule has 0 bridgehead atoms. The highest BCUT2D eigenvalue weighted by Gasteiger charge is 2.41. The molecular weight excluding hydrogens is 206 g/mol. The van der Waals surface area contributed by atoms with Crippen LogP contribution in [0.2, 0.25) is 0 Å². The molecule has 0 spiro atoms. The first-order chi connectivity index (χ1) is 7.28. The molecule has 92 valence electrons. The van der Waals surface area contributed by atoms with Crippen molar-refractivity contribution < 1.29 is 9.59 Å². The molecule has 5 heteroatoms. The van der Waals surface area contributed by atoms with Gasteiger partial charge in [0.15, 0.2) is 0 Å². The van der Waals surface area contributed by atoms with E-state index < -0.39 is 11.5 Å². The van der Waals surface area contributed by atoms with Crippen LogP contribution in [0.4, 0.5) is 0 Å². The number of hydrogen-bond donors (Lipinski definition) is 2. The summed E-state index contributed by atoms with van der Waals surface area (Å²) in [6, 6.07) is -0.491. The van der Waals surface area contributed by atoms with E-state index in [9.17, 15) is 9.59 Å². The maximum atomic E-state index is 11.9. The third-order valence-electron chi connectivity index (χ3n) is 3.38. The van der Waals surface area contributed by atoms with Gasteiger partial charge in [-0.05, 0) is 19.3 Å². The van der Waals surface area contributed by atoms with E-state index in [0.29, 0.717) is 19.5 Å². The number of amides is 2. The van der Waals surface area contributed by atoms with E-state index in [1.807, 2.05) is 13.8 Å². The molecule has 1 rings (SSSR count). The van der Waals surface area contributed by atoms with E-state index in [0.717, 1.165) is 0 Å². The number of carbonyl (C=O) groups excluding carboxylic acids is 2. The fourth-order valence-electron chi connectivity index (χ4n) is 1.85. The lowest BCUT2D eigenvalue weighted by Crippen LogP contribution is -2.47. The third kappa shape index (κ3) is 2.35. The van der Waals surface area contributed by atoms with Crippen molar-refractivity contribution in [1.82, 2.24) is 4.90 Å². The van der Waals surface area contributed by atoms with Gasteiger partial charge in [0, 0.05) is 13.1 Å². The highest BCUT2D eigenvalue weighted by atomic mass is 16.2. The van der Waals surface area contributed by atoms with E-state index in [1.165, 1.54) is 0 Å². The summed E-state index contributed by atoms with van der Waals surface area (Å²) in [4.78, 5) is 24.8. The second kappa shape index (κ2) is 4.41. The Bertz CT molecular complexity index is 304. The van der Waals surface area contributed by atoms with E-state index in [1.54, 1.807) is 11.8 Å². The maximum absolute atomic E-state index is 11.9. The maximum Gasteiger partial charge on any atom is 0.239 e. The Balaban J connectivity index is 2.67. The van der Waals surface area contributed by atoms with Crippen LogP contribution >= 0.6 is 0 Å². The van der Waals surface area contributed by atoms with Crippen LogP contribution in [0.1, 0.15) is 27.2 Å². The summed E-state index contributed by atoms with van der Waals surface area (Å²) in [5.74, 6) is -0.325. The quantitative estimate of drug-likeness (QED) is 0.693. The summed E-state index contributed by atoms with van der Waals surface area (Å²) >= 11 is 0. The van der Waals surface area contributed by atoms with E-state index >= 15 is 0 Å². The molecule has 1 aliphatic heterocycles. The molecule has 0 aromatic heterocycles. The monoisotopic (exact) mass is 227 g/mol. The van der Waals surface area contributed by atoms with Gasteiger partial charge in [0.25, 0.3) is 0 Å². The zero-order valence-corrected chi connectivity index (χ0v) is 10.2. The van der Waals surface area contributed by atoms with Gasteiger partial charge in [0.05, 0.1) is 11.5 Å². The molecule has 2 amide bonds. The molecule has 4 N–H and O–H groups in total. The minimum Gasteiger partial charge on any atom is -0.369 e. The average Bonchev–Trinajstić information content (AvgIpc) is 2.60. The van der Waals surface area contributed by atoms with Crippen molar-refractivity contribution in [2.45, 2.75) is 33.2 Å². The Labute approximate surface area is 96.1 Å². The highest BCUT2D eigenvalue weighted by Crippen LogP contribution is 2.29. The van der Waals surface area contributed by atoms with Crippen molar-refractivity contribution in [1.29, 1.82) is 0 Å². The van der Waals surface area contributed by atoms with E-state index in [4.69, 9.17) is 11.5 Å². The SMILES string of the molecule is CC(C)C(N)C(=O)N1CCC(C)(C(N)=O)C1. The largest absolute Gasteiger partial charge is 0.369 e. The molecule has 1 aliphatic rings. The van der Waals surface area contributed by atoms with Crippen LogP contribution in [0.25, 0.3) is 0 Å². The van der Waals surface area contributed by atoms with Crippen LogP contribution in [-0.4, -0.2) is 35.8 Å². The number of nitrogens with zero attached hydrogens (tertiary/aromatic N) is 1. The van der Waals surface area contributed by atoms with Crippen LogP contribution in [-0.2, 0) is 9.59 Å². The summed E-state index contributed by atoms with van der Waals surface area (Å²) in [7, 11) is 0. The number of carbonyl (C=O) groups is 2. The lowest BCUT2D eigenvalue weighted by atomic mass is 9.89. The number of nitrogens with two attached hydrogens (primary N) is 2. The predicted molar refractivity (Wildman–Crippen MR) is 61.3 cm³/mol. The van der Waals surface area contributed by atoms with E-state index in [-0.39, 0.29) is 17.7 Å². The van der Waals surface area contributed by atoms with Crippen LogP contribution in [0, 0.1) is 11.3 Å². The summed E-state index contributed by atoms with van der Waals surface area (Å²) in [5, 5.41) is 0. The number of likely N-dealkylation sites (tertiary alicyclic amines) is 1. The molecule has 2 unspecified atom stereocenters. The van der Waals surface area contributed by atoms with Crippen LogP contribution in [0.15, 0.2) is 0 Å². The molecule has 0 aliphatic carbocycles. The second-order valence-corrected chi connectivity index (χ2v) is 5.20. The Morgan fingerprint density at radius 2 is 1.94 bits per heavy atom.